The van der Waals surface area contributed by atoms with Gasteiger partial charge in [0.1, 0.15) is 0 Å². The lowest BCUT2D eigenvalue weighted by Gasteiger charge is -2.25. The molecule has 1 heterocycles. The molecule has 1 saturated heterocycles. The molecule has 0 unspecified atom stereocenters. The minimum absolute atomic E-state index is 0.0141. The number of rotatable bonds is 8. The molecule has 2 rings (SSSR count). The number of morpholine rings is 1. The summed E-state index contributed by atoms with van der Waals surface area (Å²) < 4.78 is 5.27. The summed E-state index contributed by atoms with van der Waals surface area (Å²) in [5.41, 5.74) is 1.40. The van der Waals surface area contributed by atoms with E-state index in [-0.39, 0.29) is 11.8 Å². The molecule has 0 aromatic heterocycles. The van der Waals surface area contributed by atoms with Gasteiger partial charge in [0.05, 0.1) is 19.8 Å². The molecule has 1 fully saturated rings. The molecule has 0 atom stereocenters. The van der Waals surface area contributed by atoms with Gasteiger partial charge < -0.3 is 15.4 Å². The SMILES string of the molecule is CCCCCC(=O)Nc1cccc(NC(=O)CN2CCOCC2)c1. The van der Waals surface area contributed by atoms with Gasteiger partial charge in [-0.15, -0.1) is 0 Å². The van der Waals surface area contributed by atoms with Crippen LogP contribution in [0.25, 0.3) is 0 Å². The first kappa shape index (κ1) is 18.4. The highest BCUT2D eigenvalue weighted by atomic mass is 16.5. The van der Waals surface area contributed by atoms with Gasteiger partial charge in [-0.05, 0) is 24.6 Å². The summed E-state index contributed by atoms with van der Waals surface area (Å²) in [4.78, 5) is 26.0. The molecule has 132 valence electrons. The predicted molar refractivity (Wildman–Crippen MR) is 95.1 cm³/mol. The second kappa shape index (κ2) is 10.1. The summed E-state index contributed by atoms with van der Waals surface area (Å²) >= 11 is 0. The highest BCUT2D eigenvalue weighted by molar-refractivity contribution is 5.94. The minimum atomic E-state index is -0.0525. The zero-order chi connectivity index (χ0) is 17.2. The average molecular weight is 333 g/mol. The van der Waals surface area contributed by atoms with Gasteiger partial charge in [-0.3, -0.25) is 14.5 Å². The number of unbranched alkanes of at least 4 members (excludes halogenated alkanes) is 2. The Morgan fingerprint density at radius 2 is 1.75 bits per heavy atom. The van der Waals surface area contributed by atoms with Gasteiger partial charge in [-0.1, -0.05) is 25.8 Å². The lowest BCUT2D eigenvalue weighted by atomic mass is 10.2. The van der Waals surface area contributed by atoms with Crippen LogP contribution < -0.4 is 10.6 Å². The number of nitrogens with zero attached hydrogens (tertiary/aromatic N) is 1. The fourth-order valence-electron chi connectivity index (χ4n) is 2.60. The van der Waals surface area contributed by atoms with Crippen molar-refractivity contribution in [2.24, 2.45) is 0 Å². The Bertz CT molecular complexity index is 542. The van der Waals surface area contributed by atoms with Crippen LogP contribution in [0.3, 0.4) is 0 Å². The fraction of sp³-hybridized carbons (Fsp3) is 0.556. The summed E-state index contributed by atoms with van der Waals surface area (Å²) in [6.45, 7) is 5.38. The molecule has 0 aliphatic carbocycles. The van der Waals surface area contributed by atoms with Gasteiger partial charge in [0.25, 0.3) is 0 Å². The van der Waals surface area contributed by atoms with Crippen molar-refractivity contribution in [2.75, 3.05) is 43.5 Å². The normalized spacial score (nSPS) is 15.0. The maximum atomic E-state index is 12.1. The quantitative estimate of drug-likeness (QED) is 0.717. The third kappa shape index (κ3) is 6.68. The van der Waals surface area contributed by atoms with Crippen LogP contribution in [-0.2, 0) is 14.3 Å². The average Bonchev–Trinajstić information content (AvgIpc) is 2.56. The van der Waals surface area contributed by atoms with E-state index in [0.29, 0.717) is 37.6 Å². The van der Waals surface area contributed by atoms with E-state index in [1.165, 1.54) is 0 Å². The molecular formula is C18H27N3O3. The Morgan fingerprint density at radius 1 is 1.08 bits per heavy atom. The van der Waals surface area contributed by atoms with Gasteiger partial charge in [0, 0.05) is 30.9 Å². The number of carbonyl (C=O) groups is 2. The second-order valence-electron chi connectivity index (χ2n) is 6.02. The van der Waals surface area contributed by atoms with Crippen LogP contribution in [0, 0.1) is 0 Å². The summed E-state index contributed by atoms with van der Waals surface area (Å²) in [7, 11) is 0. The summed E-state index contributed by atoms with van der Waals surface area (Å²) in [5.74, 6) is -0.0384. The van der Waals surface area contributed by atoms with Crippen molar-refractivity contribution in [3.05, 3.63) is 24.3 Å². The van der Waals surface area contributed by atoms with E-state index in [2.05, 4.69) is 22.5 Å². The molecule has 1 aliphatic rings. The molecule has 0 saturated carbocycles. The Labute approximate surface area is 143 Å². The number of benzene rings is 1. The first-order valence-electron chi connectivity index (χ1n) is 8.67. The molecule has 0 bridgehead atoms. The Balaban J connectivity index is 1.80. The van der Waals surface area contributed by atoms with Crippen LogP contribution in [0.1, 0.15) is 32.6 Å². The molecule has 6 heteroatoms. The molecule has 0 radical (unpaired) electrons. The molecule has 1 aliphatic heterocycles. The highest BCUT2D eigenvalue weighted by Crippen LogP contribution is 2.16. The number of hydrogen-bond donors (Lipinski definition) is 2. The van der Waals surface area contributed by atoms with Crippen molar-refractivity contribution in [2.45, 2.75) is 32.6 Å². The Hall–Kier alpha value is -1.92. The monoisotopic (exact) mass is 333 g/mol. The number of carbonyl (C=O) groups excluding carboxylic acids is 2. The first-order chi connectivity index (χ1) is 11.7. The lowest BCUT2D eigenvalue weighted by molar-refractivity contribution is -0.118. The van der Waals surface area contributed by atoms with Crippen LogP contribution in [0.5, 0.6) is 0 Å². The van der Waals surface area contributed by atoms with Crippen LogP contribution in [0.2, 0.25) is 0 Å². The smallest absolute Gasteiger partial charge is 0.238 e. The third-order valence-electron chi connectivity index (χ3n) is 3.91. The number of hydrogen-bond acceptors (Lipinski definition) is 4. The zero-order valence-corrected chi connectivity index (χ0v) is 14.3. The molecule has 0 spiro atoms. The molecule has 1 aromatic rings. The number of amides is 2. The fourth-order valence-corrected chi connectivity index (χ4v) is 2.60. The predicted octanol–water partition coefficient (Wildman–Crippen LogP) is 2.48. The van der Waals surface area contributed by atoms with E-state index in [9.17, 15) is 9.59 Å². The van der Waals surface area contributed by atoms with E-state index in [1.807, 2.05) is 18.2 Å². The standard InChI is InChI=1S/C18H27N3O3/c1-2-3-4-8-17(22)19-15-6-5-7-16(13-15)20-18(23)14-21-9-11-24-12-10-21/h5-7,13H,2-4,8-12,14H2,1H3,(H,19,22)(H,20,23). The number of nitrogens with one attached hydrogen (secondary N) is 2. The number of anilines is 2. The van der Waals surface area contributed by atoms with E-state index in [4.69, 9.17) is 4.74 Å². The first-order valence-corrected chi connectivity index (χ1v) is 8.67. The summed E-state index contributed by atoms with van der Waals surface area (Å²) in [6, 6.07) is 7.26. The maximum Gasteiger partial charge on any atom is 0.238 e. The van der Waals surface area contributed by atoms with Crippen LogP contribution in [0.15, 0.2) is 24.3 Å². The molecule has 2 N–H and O–H groups in total. The largest absolute Gasteiger partial charge is 0.379 e. The molecular weight excluding hydrogens is 306 g/mol. The van der Waals surface area contributed by atoms with Crippen LogP contribution in [0.4, 0.5) is 11.4 Å². The van der Waals surface area contributed by atoms with Crippen molar-refractivity contribution in [1.82, 2.24) is 4.90 Å². The third-order valence-corrected chi connectivity index (χ3v) is 3.91. The van der Waals surface area contributed by atoms with E-state index < -0.39 is 0 Å². The number of ether oxygens (including phenoxy) is 1. The van der Waals surface area contributed by atoms with Crippen molar-refractivity contribution in [3.63, 3.8) is 0 Å². The van der Waals surface area contributed by atoms with E-state index in [0.717, 1.165) is 32.4 Å². The minimum Gasteiger partial charge on any atom is -0.379 e. The highest BCUT2D eigenvalue weighted by Gasteiger charge is 2.14. The summed E-state index contributed by atoms with van der Waals surface area (Å²) in [5, 5.41) is 5.76. The van der Waals surface area contributed by atoms with Gasteiger partial charge in [0.15, 0.2) is 0 Å². The topological polar surface area (TPSA) is 70.7 Å². The maximum absolute atomic E-state index is 12.1. The molecule has 6 nitrogen and oxygen atoms in total. The molecule has 1 aromatic carbocycles. The van der Waals surface area contributed by atoms with Gasteiger partial charge in [-0.25, -0.2) is 0 Å². The van der Waals surface area contributed by atoms with Crippen molar-refractivity contribution >= 4 is 23.2 Å². The Kier molecular flexibility index (Phi) is 7.71. The lowest BCUT2D eigenvalue weighted by Crippen LogP contribution is -2.41. The van der Waals surface area contributed by atoms with Gasteiger partial charge in [0.2, 0.25) is 11.8 Å². The van der Waals surface area contributed by atoms with Crippen LogP contribution in [-0.4, -0.2) is 49.6 Å². The van der Waals surface area contributed by atoms with Crippen molar-refractivity contribution in [1.29, 1.82) is 0 Å². The van der Waals surface area contributed by atoms with Crippen molar-refractivity contribution < 1.29 is 14.3 Å². The molecule has 2 amide bonds. The van der Waals surface area contributed by atoms with Gasteiger partial charge in [-0.2, -0.15) is 0 Å². The zero-order valence-electron chi connectivity index (χ0n) is 14.3. The van der Waals surface area contributed by atoms with Gasteiger partial charge >= 0.3 is 0 Å². The van der Waals surface area contributed by atoms with Crippen LogP contribution >= 0.6 is 0 Å². The van der Waals surface area contributed by atoms with E-state index in [1.54, 1.807) is 6.07 Å². The van der Waals surface area contributed by atoms with Crippen molar-refractivity contribution in [3.8, 4) is 0 Å². The summed E-state index contributed by atoms with van der Waals surface area (Å²) in [6.07, 6.45) is 3.59. The second-order valence-corrected chi connectivity index (χ2v) is 6.02. The molecule has 24 heavy (non-hydrogen) atoms. The Morgan fingerprint density at radius 3 is 2.42 bits per heavy atom. The van der Waals surface area contributed by atoms with E-state index >= 15 is 0 Å².